The van der Waals surface area contributed by atoms with Gasteiger partial charge in [-0.05, 0) is 38.5 Å². The quantitative estimate of drug-likeness (QED) is 0.717. The van der Waals surface area contributed by atoms with Gasteiger partial charge in [0.15, 0.2) is 23.1 Å². The second-order valence-electron chi connectivity index (χ2n) is 8.00. The number of hydrogen-bond donors (Lipinski definition) is 2. The molecular formula is C20H27N5O5. The molecule has 1 aliphatic heterocycles. The van der Waals surface area contributed by atoms with Gasteiger partial charge in [-0.15, -0.1) is 0 Å². The van der Waals surface area contributed by atoms with Crippen molar-refractivity contribution < 1.29 is 23.8 Å². The van der Waals surface area contributed by atoms with Crippen molar-refractivity contribution in [2.75, 3.05) is 20.8 Å². The number of hydrogen-bond acceptors (Lipinski definition) is 7. The molecule has 0 bridgehead atoms. The first kappa shape index (κ1) is 21.6. The molecule has 1 fully saturated rings. The average Bonchev–Trinajstić information content (AvgIpc) is 3.10. The molecule has 1 aromatic carbocycles. The van der Waals surface area contributed by atoms with E-state index < -0.39 is 23.6 Å². The highest BCUT2D eigenvalue weighted by atomic mass is 16.5. The number of carbonyl (C=O) groups is 2. The highest BCUT2D eigenvalue weighted by Gasteiger charge is 2.38. The Morgan fingerprint density at radius 1 is 1.30 bits per heavy atom. The summed E-state index contributed by atoms with van der Waals surface area (Å²) >= 11 is 0. The molecule has 2 heterocycles. The van der Waals surface area contributed by atoms with Crippen LogP contribution >= 0.6 is 0 Å². The van der Waals surface area contributed by atoms with E-state index in [1.54, 1.807) is 31.0 Å². The summed E-state index contributed by atoms with van der Waals surface area (Å²) in [6.07, 6.45) is -0.718. The molecule has 10 heteroatoms. The summed E-state index contributed by atoms with van der Waals surface area (Å²) in [6.45, 7) is 5.78. The zero-order valence-corrected chi connectivity index (χ0v) is 17.8. The number of nitrogens with zero attached hydrogens (tertiary/aromatic N) is 3. The van der Waals surface area contributed by atoms with Crippen molar-refractivity contribution in [2.24, 2.45) is 5.73 Å². The minimum atomic E-state index is -0.630. The molecule has 2 amide bonds. The Morgan fingerprint density at radius 3 is 2.60 bits per heavy atom. The third kappa shape index (κ3) is 4.38. The number of ether oxygens (including phenoxy) is 3. The smallest absolute Gasteiger partial charge is 0.246 e. The normalized spacial score (nSPS) is 19.3. The van der Waals surface area contributed by atoms with Gasteiger partial charge in [-0.1, -0.05) is 6.07 Å². The van der Waals surface area contributed by atoms with Crippen LogP contribution in [0.4, 0.5) is 0 Å². The standard InChI is InChI=1S/C20H27N5O5/c1-20(2,3)25-19(22-15(24-25)9-14(21)26)18-17(23-16(27)10-30-18)11-6-7-12(28-4)13(8-11)29-5/h6-8,17-18H,9-10H2,1-5H3,(H2,21,26)(H,23,27)/t17-,18+/m1/s1. The van der Waals surface area contributed by atoms with Gasteiger partial charge in [0.1, 0.15) is 12.7 Å². The highest BCUT2D eigenvalue weighted by Crippen LogP contribution is 2.38. The molecule has 162 valence electrons. The van der Waals surface area contributed by atoms with Gasteiger partial charge in [0.2, 0.25) is 11.8 Å². The Morgan fingerprint density at radius 2 is 2.00 bits per heavy atom. The van der Waals surface area contributed by atoms with Crippen molar-refractivity contribution in [3.8, 4) is 11.5 Å². The lowest BCUT2D eigenvalue weighted by Crippen LogP contribution is -2.43. The first-order chi connectivity index (χ1) is 14.1. The van der Waals surface area contributed by atoms with Crippen LogP contribution in [0.5, 0.6) is 11.5 Å². The molecule has 0 aliphatic carbocycles. The predicted molar refractivity (Wildman–Crippen MR) is 107 cm³/mol. The molecular weight excluding hydrogens is 390 g/mol. The molecule has 1 aliphatic rings. The van der Waals surface area contributed by atoms with Gasteiger partial charge in [0.25, 0.3) is 0 Å². The van der Waals surface area contributed by atoms with Gasteiger partial charge in [-0.25, -0.2) is 9.67 Å². The van der Waals surface area contributed by atoms with Crippen LogP contribution in [0, 0.1) is 0 Å². The van der Waals surface area contributed by atoms with Crippen LogP contribution in [0.1, 0.15) is 50.1 Å². The van der Waals surface area contributed by atoms with E-state index in [1.807, 2.05) is 26.8 Å². The highest BCUT2D eigenvalue weighted by molar-refractivity contribution is 5.78. The Hall–Kier alpha value is -3.14. The lowest BCUT2D eigenvalue weighted by molar-refractivity contribution is -0.138. The SMILES string of the molecule is COc1ccc([C@H]2NC(=O)CO[C@@H]2c2nc(CC(N)=O)nn2C(C)(C)C)cc1OC. The predicted octanol–water partition coefficient (Wildman–Crippen LogP) is 1.01. The minimum absolute atomic E-state index is 0.0871. The summed E-state index contributed by atoms with van der Waals surface area (Å²) in [6, 6.07) is 4.83. The van der Waals surface area contributed by atoms with Crippen LogP contribution in [0.3, 0.4) is 0 Å². The van der Waals surface area contributed by atoms with Crippen LogP contribution in [-0.2, 0) is 26.3 Å². The summed E-state index contributed by atoms with van der Waals surface area (Å²) in [5, 5.41) is 7.44. The first-order valence-electron chi connectivity index (χ1n) is 9.51. The van der Waals surface area contributed by atoms with Crippen LogP contribution in [0.25, 0.3) is 0 Å². The number of benzene rings is 1. The fourth-order valence-electron chi connectivity index (χ4n) is 3.36. The number of morpholine rings is 1. The molecule has 2 atom stereocenters. The van der Waals surface area contributed by atoms with Crippen LogP contribution in [0.2, 0.25) is 0 Å². The fourth-order valence-corrected chi connectivity index (χ4v) is 3.36. The molecule has 3 rings (SSSR count). The number of nitrogens with two attached hydrogens (primary N) is 1. The molecule has 0 unspecified atom stereocenters. The Kier molecular flexibility index (Phi) is 5.97. The molecule has 3 N–H and O–H groups in total. The lowest BCUT2D eigenvalue weighted by Gasteiger charge is -2.34. The summed E-state index contributed by atoms with van der Waals surface area (Å²) < 4.78 is 18.3. The third-order valence-corrected chi connectivity index (χ3v) is 4.68. The van der Waals surface area contributed by atoms with Gasteiger partial charge in [-0.2, -0.15) is 5.10 Å². The Bertz CT molecular complexity index is 950. The molecule has 30 heavy (non-hydrogen) atoms. The van der Waals surface area contributed by atoms with Gasteiger partial charge in [0, 0.05) is 0 Å². The van der Waals surface area contributed by atoms with Crippen molar-refractivity contribution in [1.82, 2.24) is 20.1 Å². The van der Waals surface area contributed by atoms with Crippen molar-refractivity contribution >= 4 is 11.8 Å². The van der Waals surface area contributed by atoms with Crippen LogP contribution < -0.4 is 20.5 Å². The van der Waals surface area contributed by atoms with E-state index in [4.69, 9.17) is 19.9 Å². The third-order valence-electron chi connectivity index (χ3n) is 4.68. The molecule has 1 aromatic heterocycles. The second-order valence-corrected chi connectivity index (χ2v) is 8.00. The second kappa shape index (κ2) is 8.31. The van der Waals surface area contributed by atoms with Crippen molar-refractivity contribution in [3.63, 3.8) is 0 Å². The zero-order chi connectivity index (χ0) is 22.1. The minimum Gasteiger partial charge on any atom is -0.493 e. The van der Waals surface area contributed by atoms with E-state index in [2.05, 4.69) is 15.4 Å². The molecule has 2 aromatic rings. The summed E-state index contributed by atoms with van der Waals surface area (Å²) in [7, 11) is 3.10. The Labute approximate surface area is 174 Å². The summed E-state index contributed by atoms with van der Waals surface area (Å²) in [5.74, 6) is 1.13. The number of nitrogens with one attached hydrogen (secondary N) is 1. The summed E-state index contributed by atoms with van der Waals surface area (Å²) in [4.78, 5) is 28.1. The number of aromatic nitrogens is 3. The first-order valence-corrected chi connectivity index (χ1v) is 9.51. The maximum atomic E-state index is 12.1. The molecule has 1 saturated heterocycles. The topological polar surface area (TPSA) is 131 Å². The fraction of sp³-hybridized carbons (Fsp3) is 0.500. The number of primary amides is 1. The van der Waals surface area contributed by atoms with Gasteiger partial charge < -0.3 is 25.3 Å². The number of carbonyl (C=O) groups excluding carboxylic acids is 2. The van der Waals surface area contributed by atoms with Gasteiger partial charge >= 0.3 is 0 Å². The Balaban J connectivity index is 2.08. The van der Waals surface area contributed by atoms with E-state index in [9.17, 15) is 9.59 Å². The number of rotatable bonds is 6. The van der Waals surface area contributed by atoms with Gasteiger partial charge in [-0.3, -0.25) is 9.59 Å². The lowest BCUT2D eigenvalue weighted by atomic mass is 9.97. The van der Waals surface area contributed by atoms with Gasteiger partial charge in [0.05, 0.1) is 32.2 Å². The molecule has 0 radical (unpaired) electrons. The van der Waals surface area contributed by atoms with Crippen molar-refractivity contribution in [2.45, 2.75) is 44.9 Å². The monoisotopic (exact) mass is 417 g/mol. The maximum Gasteiger partial charge on any atom is 0.246 e. The van der Waals surface area contributed by atoms with E-state index in [0.717, 1.165) is 5.56 Å². The molecule has 0 spiro atoms. The van der Waals surface area contributed by atoms with E-state index >= 15 is 0 Å². The number of methoxy groups -OCH3 is 2. The van der Waals surface area contributed by atoms with Crippen molar-refractivity contribution in [3.05, 3.63) is 35.4 Å². The molecule has 0 saturated carbocycles. The summed E-state index contributed by atoms with van der Waals surface area (Å²) in [5.41, 5.74) is 5.64. The van der Waals surface area contributed by atoms with Crippen LogP contribution in [0.15, 0.2) is 18.2 Å². The van der Waals surface area contributed by atoms with Crippen molar-refractivity contribution in [1.29, 1.82) is 0 Å². The van der Waals surface area contributed by atoms with E-state index in [-0.39, 0.29) is 18.9 Å². The number of amides is 2. The zero-order valence-electron chi connectivity index (χ0n) is 17.8. The van der Waals surface area contributed by atoms with E-state index in [1.165, 1.54) is 0 Å². The largest absolute Gasteiger partial charge is 0.493 e. The maximum absolute atomic E-state index is 12.1. The average molecular weight is 417 g/mol. The molecule has 10 nitrogen and oxygen atoms in total. The van der Waals surface area contributed by atoms with Crippen LogP contribution in [-0.4, -0.2) is 47.4 Å². The van der Waals surface area contributed by atoms with E-state index in [0.29, 0.717) is 23.1 Å².